The van der Waals surface area contributed by atoms with E-state index in [9.17, 15) is 4.79 Å². The molecule has 1 heterocycles. The number of hydrogen-bond donors (Lipinski definition) is 3. The monoisotopic (exact) mass is 253 g/mol. The van der Waals surface area contributed by atoms with Gasteiger partial charge in [0.2, 0.25) is 5.91 Å². The summed E-state index contributed by atoms with van der Waals surface area (Å²) in [6, 6.07) is 0.869. The molecule has 5 atom stereocenters. The fourth-order valence-corrected chi connectivity index (χ4v) is 3.41. The molecule has 0 radical (unpaired) electrons. The normalized spacial score (nSPS) is 40.7. The number of nitrogens with two attached hydrogens (primary N) is 1. The largest absolute Gasteiger partial charge is 0.352 e. The lowest BCUT2D eigenvalue weighted by atomic mass is 9.88. The highest BCUT2D eigenvalue weighted by molar-refractivity contribution is 5.76. The first-order valence-electron chi connectivity index (χ1n) is 7.36. The van der Waals surface area contributed by atoms with Crippen LogP contribution in [0.2, 0.25) is 0 Å². The van der Waals surface area contributed by atoms with Crippen LogP contribution in [0.25, 0.3) is 0 Å². The van der Waals surface area contributed by atoms with Crippen molar-refractivity contribution in [1.82, 2.24) is 10.6 Å². The van der Waals surface area contributed by atoms with Crippen LogP contribution in [0.1, 0.15) is 46.0 Å². The van der Waals surface area contributed by atoms with Gasteiger partial charge in [0.05, 0.1) is 0 Å². The van der Waals surface area contributed by atoms with Gasteiger partial charge in [0.25, 0.3) is 0 Å². The SMILES string of the molecule is CC1CCNC(C)C1NC(=O)C[C@@H]1CCC[C@H]1N. The van der Waals surface area contributed by atoms with E-state index >= 15 is 0 Å². The summed E-state index contributed by atoms with van der Waals surface area (Å²) in [6.45, 7) is 5.44. The minimum atomic E-state index is 0.185. The standard InChI is InChI=1S/C14H27N3O/c1-9-6-7-16-10(2)14(9)17-13(18)8-11-4-3-5-12(11)15/h9-12,14,16H,3-8,15H2,1-2H3,(H,17,18)/t9?,10?,11-,12+,14?/m0/s1. The van der Waals surface area contributed by atoms with Crippen LogP contribution in [-0.4, -0.2) is 30.6 Å². The first kappa shape index (κ1) is 13.8. The molecule has 0 aromatic heterocycles. The molecule has 0 aromatic carbocycles. The Kier molecular flexibility index (Phi) is 4.62. The summed E-state index contributed by atoms with van der Waals surface area (Å²) >= 11 is 0. The molecule has 0 aromatic rings. The predicted octanol–water partition coefficient (Wildman–Crippen LogP) is 1.01. The summed E-state index contributed by atoms with van der Waals surface area (Å²) < 4.78 is 0. The average molecular weight is 253 g/mol. The van der Waals surface area contributed by atoms with Crippen LogP contribution in [0.3, 0.4) is 0 Å². The van der Waals surface area contributed by atoms with Gasteiger partial charge in [-0.3, -0.25) is 4.79 Å². The van der Waals surface area contributed by atoms with Crippen LogP contribution in [0.15, 0.2) is 0 Å². The molecule has 3 unspecified atom stereocenters. The lowest BCUT2D eigenvalue weighted by Gasteiger charge is -2.36. The molecular weight excluding hydrogens is 226 g/mol. The second kappa shape index (κ2) is 6.02. The number of hydrogen-bond acceptors (Lipinski definition) is 3. The Morgan fingerprint density at radius 3 is 2.72 bits per heavy atom. The predicted molar refractivity (Wildman–Crippen MR) is 73.1 cm³/mol. The van der Waals surface area contributed by atoms with E-state index in [0.29, 0.717) is 24.3 Å². The minimum Gasteiger partial charge on any atom is -0.352 e. The van der Waals surface area contributed by atoms with Gasteiger partial charge in [-0.15, -0.1) is 0 Å². The number of piperidine rings is 1. The highest BCUT2D eigenvalue weighted by Crippen LogP contribution is 2.27. The highest BCUT2D eigenvalue weighted by atomic mass is 16.1. The van der Waals surface area contributed by atoms with E-state index in [1.807, 2.05) is 0 Å². The molecule has 18 heavy (non-hydrogen) atoms. The lowest BCUT2D eigenvalue weighted by molar-refractivity contribution is -0.123. The van der Waals surface area contributed by atoms with E-state index in [2.05, 4.69) is 24.5 Å². The summed E-state index contributed by atoms with van der Waals surface area (Å²) in [5, 5.41) is 6.64. The summed E-state index contributed by atoms with van der Waals surface area (Å²) in [7, 11) is 0. The van der Waals surface area contributed by atoms with Crippen LogP contribution in [0, 0.1) is 11.8 Å². The topological polar surface area (TPSA) is 67.1 Å². The molecule has 1 amide bonds. The molecule has 2 aliphatic rings. The van der Waals surface area contributed by atoms with Gasteiger partial charge < -0.3 is 16.4 Å². The Morgan fingerprint density at radius 1 is 1.33 bits per heavy atom. The van der Waals surface area contributed by atoms with Crippen molar-refractivity contribution in [2.75, 3.05) is 6.54 Å². The first-order chi connectivity index (χ1) is 8.58. The maximum Gasteiger partial charge on any atom is 0.220 e. The molecule has 1 saturated carbocycles. The molecule has 0 bridgehead atoms. The fraction of sp³-hybridized carbons (Fsp3) is 0.929. The first-order valence-corrected chi connectivity index (χ1v) is 7.36. The lowest BCUT2D eigenvalue weighted by Crippen LogP contribution is -2.56. The maximum absolute atomic E-state index is 12.1. The summed E-state index contributed by atoms with van der Waals surface area (Å²) in [4.78, 5) is 12.1. The van der Waals surface area contributed by atoms with Crippen molar-refractivity contribution >= 4 is 5.91 Å². The van der Waals surface area contributed by atoms with E-state index in [4.69, 9.17) is 5.73 Å². The van der Waals surface area contributed by atoms with E-state index in [1.165, 1.54) is 6.42 Å². The van der Waals surface area contributed by atoms with Gasteiger partial charge in [-0.05, 0) is 44.6 Å². The molecule has 1 aliphatic heterocycles. The van der Waals surface area contributed by atoms with Crippen molar-refractivity contribution in [3.8, 4) is 0 Å². The molecule has 1 saturated heterocycles. The van der Waals surface area contributed by atoms with Crippen LogP contribution < -0.4 is 16.4 Å². The van der Waals surface area contributed by atoms with Crippen LogP contribution in [0.5, 0.6) is 0 Å². The van der Waals surface area contributed by atoms with Crippen molar-refractivity contribution in [3.05, 3.63) is 0 Å². The zero-order chi connectivity index (χ0) is 13.1. The van der Waals surface area contributed by atoms with E-state index in [0.717, 1.165) is 25.8 Å². The van der Waals surface area contributed by atoms with Gasteiger partial charge in [-0.2, -0.15) is 0 Å². The van der Waals surface area contributed by atoms with Crippen molar-refractivity contribution in [3.63, 3.8) is 0 Å². The third-order valence-corrected chi connectivity index (χ3v) is 4.71. The van der Waals surface area contributed by atoms with Crippen molar-refractivity contribution in [1.29, 1.82) is 0 Å². The molecule has 1 aliphatic carbocycles. The molecular formula is C14H27N3O. The van der Waals surface area contributed by atoms with Gasteiger partial charge in [-0.1, -0.05) is 13.3 Å². The van der Waals surface area contributed by atoms with Crippen LogP contribution in [0.4, 0.5) is 0 Å². The average Bonchev–Trinajstić information content (AvgIpc) is 2.70. The Morgan fingerprint density at radius 2 is 2.11 bits per heavy atom. The molecule has 0 spiro atoms. The Hall–Kier alpha value is -0.610. The number of nitrogens with one attached hydrogen (secondary N) is 2. The Bertz CT molecular complexity index is 285. The zero-order valence-electron chi connectivity index (χ0n) is 11.6. The van der Waals surface area contributed by atoms with E-state index in [-0.39, 0.29) is 18.0 Å². The number of carbonyl (C=O) groups is 1. The number of rotatable bonds is 3. The minimum absolute atomic E-state index is 0.185. The smallest absolute Gasteiger partial charge is 0.220 e. The molecule has 4 heteroatoms. The Labute approximate surface area is 110 Å². The zero-order valence-corrected chi connectivity index (χ0v) is 11.6. The molecule has 104 valence electrons. The van der Waals surface area contributed by atoms with Crippen molar-refractivity contribution < 1.29 is 4.79 Å². The maximum atomic E-state index is 12.1. The van der Waals surface area contributed by atoms with Gasteiger partial charge in [-0.25, -0.2) is 0 Å². The number of amides is 1. The van der Waals surface area contributed by atoms with Crippen LogP contribution in [-0.2, 0) is 4.79 Å². The fourth-order valence-electron chi connectivity index (χ4n) is 3.41. The van der Waals surface area contributed by atoms with E-state index in [1.54, 1.807) is 0 Å². The highest BCUT2D eigenvalue weighted by Gasteiger charge is 2.31. The second-order valence-corrected chi connectivity index (χ2v) is 6.16. The van der Waals surface area contributed by atoms with Crippen LogP contribution >= 0.6 is 0 Å². The third-order valence-electron chi connectivity index (χ3n) is 4.71. The third kappa shape index (κ3) is 3.23. The van der Waals surface area contributed by atoms with Crippen molar-refractivity contribution in [2.24, 2.45) is 17.6 Å². The molecule has 4 nitrogen and oxygen atoms in total. The Balaban J connectivity index is 1.82. The summed E-state index contributed by atoms with van der Waals surface area (Å²) in [5.74, 6) is 1.14. The molecule has 2 fully saturated rings. The molecule has 2 rings (SSSR count). The quantitative estimate of drug-likeness (QED) is 0.703. The van der Waals surface area contributed by atoms with Gasteiger partial charge in [0.15, 0.2) is 0 Å². The molecule has 4 N–H and O–H groups in total. The van der Waals surface area contributed by atoms with Crippen molar-refractivity contribution in [2.45, 2.75) is 64.1 Å². The second-order valence-electron chi connectivity index (χ2n) is 6.16. The van der Waals surface area contributed by atoms with Gasteiger partial charge >= 0.3 is 0 Å². The summed E-state index contributed by atoms with van der Waals surface area (Å²) in [6.07, 6.45) is 5.12. The number of carbonyl (C=O) groups excluding carboxylic acids is 1. The van der Waals surface area contributed by atoms with Gasteiger partial charge in [0.1, 0.15) is 0 Å². The summed E-state index contributed by atoms with van der Waals surface area (Å²) in [5.41, 5.74) is 6.02. The van der Waals surface area contributed by atoms with E-state index < -0.39 is 0 Å². The van der Waals surface area contributed by atoms with Gasteiger partial charge in [0, 0.05) is 24.5 Å².